The molecule has 1 fully saturated rings. The molecular formula is C21H23N5O3S. The van der Waals surface area contributed by atoms with Crippen molar-refractivity contribution in [2.24, 2.45) is 0 Å². The lowest BCUT2D eigenvalue weighted by atomic mass is 10.1. The second kappa shape index (κ2) is 8.27. The van der Waals surface area contributed by atoms with Crippen LogP contribution in [0.3, 0.4) is 0 Å². The molecule has 1 amide bonds. The van der Waals surface area contributed by atoms with E-state index < -0.39 is 5.97 Å². The lowest BCUT2D eigenvalue weighted by Gasteiger charge is -2.35. The second-order valence-electron chi connectivity index (χ2n) is 7.24. The summed E-state index contributed by atoms with van der Waals surface area (Å²) >= 11 is 1.20. The van der Waals surface area contributed by atoms with Gasteiger partial charge in [-0.25, -0.2) is 14.8 Å². The molecule has 4 heterocycles. The van der Waals surface area contributed by atoms with Crippen LogP contribution in [-0.2, 0) is 9.53 Å². The Morgan fingerprint density at radius 2 is 1.97 bits per heavy atom. The number of esters is 1. The number of amides is 1. The maximum absolute atomic E-state index is 12.5. The first kappa shape index (κ1) is 20.1. The van der Waals surface area contributed by atoms with Gasteiger partial charge in [-0.3, -0.25) is 4.79 Å². The van der Waals surface area contributed by atoms with Gasteiger partial charge in [0.1, 0.15) is 15.5 Å². The van der Waals surface area contributed by atoms with Gasteiger partial charge in [-0.15, -0.1) is 11.3 Å². The maximum atomic E-state index is 12.5. The van der Waals surface area contributed by atoms with Gasteiger partial charge < -0.3 is 20.3 Å². The molecule has 0 saturated carbocycles. The van der Waals surface area contributed by atoms with E-state index in [-0.39, 0.29) is 12.5 Å². The Hall–Kier alpha value is -3.20. The number of carbonyl (C=O) groups is 2. The number of aryl methyl sites for hydroxylation is 2. The van der Waals surface area contributed by atoms with Crippen LogP contribution in [0, 0.1) is 13.8 Å². The fourth-order valence-electron chi connectivity index (χ4n) is 3.63. The first-order chi connectivity index (χ1) is 14.4. The standard InChI is InChI=1S/C21H23N5O3S/c1-13-11-14(2)24-20-17(13)18(22)19(30-20)21(28)29-12-16(27)26-9-7-25(8-10-26)15-5-3-4-6-23-15/h3-6,11H,7-10,12,22H2,1-2H3. The van der Waals surface area contributed by atoms with Crippen molar-refractivity contribution in [3.05, 3.63) is 46.6 Å². The Kier molecular flexibility index (Phi) is 5.54. The van der Waals surface area contributed by atoms with Gasteiger partial charge >= 0.3 is 5.97 Å². The Morgan fingerprint density at radius 3 is 2.67 bits per heavy atom. The molecule has 1 aliphatic rings. The molecule has 0 atom stereocenters. The molecule has 2 N–H and O–H groups in total. The van der Waals surface area contributed by atoms with E-state index in [1.54, 1.807) is 11.1 Å². The van der Waals surface area contributed by atoms with Gasteiger partial charge in [0.05, 0.1) is 5.69 Å². The molecule has 3 aromatic heterocycles. The first-order valence-electron chi connectivity index (χ1n) is 9.71. The number of thiophene rings is 1. The summed E-state index contributed by atoms with van der Waals surface area (Å²) in [6.45, 7) is 6.01. The predicted molar refractivity (Wildman–Crippen MR) is 117 cm³/mol. The number of hydrogen-bond acceptors (Lipinski definition) is 8. The van der Waals surface area contributed by atoms with Crippen molar-refractivity contribution < 1.29 is 14.3 Å². The summed E-state index contributed by atoms with van der Waals surface area (Å²) < 4.78 is 5.28. The number of anilines is 2. The van der Waals surface area contributed by atoms with Gasteiger partial charge in [-0.2, -0.15) is 0 Å². The molecule has 1 saturated heterocycles. The van der Waals surface area contributed by atoms with Crippen LogP contribution in [0.4, 0.5) is 11.5 Å². The second-order valence-corrected chi connectivity index (χ2v) is 8.24. The summed E-state index contributed by atoms with van der Waals surface area (Å²) in [4.78, 5) is 38.7. The van der Waals surface area contributed by atoms with E-state index in [1.807, 2.05) is 38.1 Å². The van der Waals surface area contributed by atoms with Gasteiger partial charge in [0.2, 0.25) is 0 Å². The summed E-state index contributed by atoms with van der Waals surface area (Å²) in [5.41, 5.74) is 8.36. The van der Waals surface area contributed by atoms with Crippen LogP contribution in [0.5, 0.6) is 0 Å². The fourth-order valence-corrected chi connectivity index (χ4v) is 4.74. The summed E-state index contributed by atoms with van der Waals surface area (Å²) in [6, 6.07) is 7.69. The minimum Gasteiger partial charge on any atom is -0.451 e. The molecule has 0 spiro atoms. The fraction of sp³-hybridized carbons (Fsp3) is 0.333. The van der Waals surface area contributed by atoms with Gasteiger partial charge in [0.25, 0.3) is 5.91 Å². The van der Waals surface area contributed by atoms with Crippen molar-refractivity contribution in [1.82, 2.24) is 14.9 Å². The average Bonchev–Trinajstić information content (AvgIpc) is 3.09. The van der Waals surface area contributed by atoms with Gasteiger partial charge in [0, 0.05) is 43.5 Å². The molecular weight excluding hydrogens is 402 g/mol. The van der Waals surface area contributed by atoms with E-state index in [0.717, 1.165) is 22.5 Å². The van der Waals surface area contributed by atoms with Crippen molar-refractivity contribution >= 4 is 44.9 Å². The zero-order valence-electron chi connectivity index (χ0n) is 16.9. The molecule has 3 aromatic rings. The highest BCUT2D eigenvalue weighted by molar-refractivity contribution is 7.21. The molecule has 1 aliphatic heterocycles. The third-order valence-electron chi connectivity index (χ3n) is 5.14. The summed E-state index contributed by atoms with van der Waals surface area (Å²) in [6.07, 6.45) is 1.75. The molecule has 0 bridgehead atoms. The van der Waals surface area contributed by atoms with Crippen LogP contribution in [0.2, 0.25) is 0 Å². The number of aromatic nitrogens is 2. The quantitative estimate of drug-likeness (QED) is 0.641. The highest BCUT2D eigenvalue weighted by Gasteiger charge is 2.25. The minimum atomic E-state index is -0.590. The van der Waals surface area contributed by atoms with Gasteiger partial charge in [0.15, 0.2) is 6.61 Å². The molecule has 4 rings (SSSR count). The van der Waals surface area contributed by atoms with E-state index in [2.05, 4.69) is 14.9 Å². The topological polar surface area (TPSA) is 102 Å². The Balaban J connectivity index is 1.35. The van der Waals surface area contributed by atoms with Crippen LogP contribution in [-0.4, -0.2) is 59.5 Å². The third kappa shape index (κ3) is 3.93. The first-order valence-corrected chi connectivity index (χ1v) is 10.5. The Morgan fingerprint density at radius 1 is 1.20 bits per heavy atom. The van der Waals surface area contributed by atoms with E-state index in [9.17, 15) is 9.59 Å². The third-order valence-corrected chi connectivity index (χ3v) is 6.22. The molecule has 0 unspecified atom stereocenters. The number of hydrogen-bond donors (Lipinski definition) is 1. The van der Waals surface area contributed by atoms with Gasteiger partial charge in [-0.05, 0) is 37.6 Å². The lowest BCUT2D eigenvalue weighted by Crippen LogP contribution is -2.50. The smallest absolute Gasteiger partial charge is 0.351 e. The zero-order chi connectivity index (χ0) is 21.3. The zero-order valence-corrected chi connectivity index (χ0v) is 17.7. The van der Waals surface area contributed by atoms with Crippen LogP contribution < -0.4 is 10.6 Å². The predicted octanol–water partition coefficient (Wildman–Crippen LogP) is 2.40. The number of nitrogens with zero attached hydrogens (tertiary/aromatic N) is 4. The average molecular weight is 426 g/mol. The highest BCUT2D eigenvalue weighted by atomic mass is 32.1. The van der Waals surface area contributed by atoms with E-state index >= 15 is 0 Å². The number of nitrogen functional groups attached to an aromatic ring is 1. The summed E-state index contributed by atoms with van der Waals surface area (Å²) in [5, 5.41) is 0.773. The van der Waals surface area contributed by atoms with Crippen molar-refractivity contribution in [2.75, 3.05) is 43.4 Å². The number of nitrogens with two attached hydrogens (primary N) is 1. The van der Waals surface area contributed by atoms with Gasteiger partial charge in [-0.1, -0.05) is 6.07 Å². The van der Waals surface area contributed by atoms with E-state index in [0.29, 0.717) is 41.6 Å². The number of fused-ring (bicyclic) bond motifs is 1. The molecule has 0 aliphatic carbocycles. The maximum Gasteiger partial charge on any atom is 0.351 e. The number of piperazine rings is 1. The Labute approximate surface area is 178 Å². The van der Waals surface area contributed by atoms with Crippen LogP contribution in [0.15, 0.2) is 30.5 Å². The molecule has 0 aromatic carbocycles. The molecule has 156 valence electrons. The van der Waals surface area contributed by atoms with Crippen molar-refractivity contribution in [3.63, 3.8) is 0 Å². The monoisotopic (exact) mass is 425 g/mol. The summed E-state index contributed by atoms with van der Waals surface area (Å²) in [5.74, 6) is 0.0947. The normalized spacial score (nSPS) is 14.2. The van der Waals surface area contributed by atoms with E-state index in [4.69, 9.17) is 10.5 Å². The van der Waals surface area contributed by atoms with E-state index in [1.165, 1.54) is 11.3 Å². The lowest BCUT2D eigenvalue weighted by molar-refractivity contribution is -0.134. The molecule has 8 nitrogen and oxygen atoms in total. The highest BCUT2D eigenvalue weighted by Crippen LogP contribution is 2.35. The largest absolute Gasteiger partial charge is 0.451 e. The molecule has 30 heavy (non-hydrogen) atoms. The number of carbonyl (C=O) groups excluding carboxylic acids is 2. The van der Waals surface area contributed by atoms with Crippen LogP contribution >= 0.6 is 11.3 Å². The van der Waals surface area contributed by atoms with Crippen molar-refractivity contribution in [2.45, 2.75) is 13.8 Å². The SMILES string of the molecule is Cc1cc(C)c2c(N)c(C(=O)OCC(=O)N3CCN(c4ccccn4)CC3)sc2n1. The number of ether oxygens (including phenoxy) is 1. The van der Waals surface area contributed by atoms with Crippen LogP contribution in [0.25, 0.3) is 10.2 Å². The number of pyridine rings is 2. The van der Waals surface area contributed by atoms with Crippen molar-refractivity contribution in [1.29, 1.82) is 0 Å². The molecule has 9 heteroatoms. The van der Waals surface area contributed by atoms with Crippen molar-refractivity contribution in [3.8, 4) is 0 Å². The number of rotatable bonds is 4. The Bertz CT molecular complexity index is 1090. The van der Waals surface area contributed by atoms with Crippen LogP contribution in [0.1, 0.15) is 20.9 Å². The minimum absolute atomic E-state index is 0.214. The summed E-state index contributed by atoms with van der Waals surface area (Å²) in [7, 11) is 0. The molecule has 0 radical (unpaired) electrons.